The number of nitrogens with zero attached hydrogens (tertiary/aromatic N) is 1. The zero-order valence-electron chi connectivity index (χ0n) is 12.3. The van der Waals surface area contributed by atoms with Crippen LogP contribution in [-0.4, -0.2) is 37.5 Å². The third-order valence-electron chi connectivity index (χ3n) is 3.05. The van der Waals surface area contributed by atoms with Crippen LogP contribution in [0.4, 0.5) is 0 Å². The second kappa shape index (κ2) is 7.06. The number of hydrogen-bond donors (Lipinski definition) is 1. The van der Waals surface area contributed by atoms with E-state index in [-0.39, 0.29) is 11.9 Å². The van der Waals surface area contributed by atoms with Crippen molar-refractivity contribution in [1.82, 2.24) is 10.2 Å². The highest BCUT2D eigenvalue weighted by Crippen LogP contribution is 2.18. The molecule has 1 rings (SSSR count). The Morgan fingerprint density at radius 3 is 2.53 bits per heavy atom. The molecule has 4 heteroatoms. The van der Waals surface area contributed by atoms with E-state index in [2.05, 4.69) is 40.0 Å². The van der Waals surface area contributed by atoms with Crippen molar-refractivity contribution in [3.05, 3.63) is 33.8 Å². The highest BCUT2D eigenvalue weighted by Gasteiger charge is 2.19. The van der Waals surface area contributed by atoms with Crippen molar-refractivity contribution in [2.24, 2.45) is 5.92 Å². The van der Waals surface area contributed by atoms with Crippen LogP contribution >= 0.6 is 15.9 Å². The van der Waals surface area contributed by atoms with Crippen LogP contribution in [0.25, 0.3) is 0 Å². The molecule has 106 valence electrons. The van der Waals surface area contributed by atoms with E-state index in [4.69, 9.17) is 0 Å². The minimum atomic E-state index is -0.0175. The molecule has 3 nitrogen and oxygen atoms in total. The number of carbonyl (C=O) groups excluding carboxylic acids is 1. The topological polar surface area (TPSA) is 32.3 Å². The van der Waals surface area contributed by atoms with E-state index in [9.17, 15) is 4.79 Å². The first kappa shape index (κ1) is 16.2. The fourth-order valence-corrected chi connectivity index (χ4v) is 2.30. The van der Waals surface area contributed by atoms with Gasteiger partial charge in [0, 0.05) is 17.1 Å². The summed E-state index contributed by atoms with van der Waals surface area (Å²) in [5, 5.41) is 3.12. The van der Waals surface area contributed by atoms with Gasteiger partial charge < -0.3 is 10.2 Å². The number of hydrogen-bond acceptors (Lipinski definition) is 2. The molecule has 0 heterocycles. The SMILES string of the molecule is Cc1ccc(Br)c(C(=O)NC(CN(C)C)C(C)C)c1. The number of rotatable bonds is 5. The van der Waals surface area contributed by atoms with Crippen LogP contribution in [0.15, 0.2) is 22.7 Å². The quantitative estimate of drug-likeness (QED) is 0.901. The maximum Gasteiger partial charge on any atom is 0.252 e. The first-order valence-corrected chi connectivity index (χ1v) is 7.32. The Labute approximate surface area is 124 Å². The molecule has 19 heavy (non-hydrogen) atoms. The first-order valence-electron chi connectivity index (χ1n) is 6.53. The number of halogens is 1. The first-order chi connectivity index (χ1) is 8.81. The second-order valence-corrected chi connectivity index (χ2v) is 6.42. The molecule has 0 bridgehead atoms. The van der Waals surface area contributed by atoms with Crippen LogP contribution in [0, 0.1) is 12.8 Å². The molecule has 1 aromatic carbocycles. The summed E-state index contributed by atoms with van der Waals surface area (Å²) in [6.07, 6.45) is 0. The number of amides is 1. The molecule has 0 saturated heterocycles. The lowest BCUT2D eigenvalue weighted by Crippen LogP contribution is -2.45. The van der Waals surface area contributed by atoms with Crippen molar-refractivity contribution in [3.8, 4) is 0 Å². The molecule has 1 aromatic rings. The maximum absolute atomic E-state index is 12.4. The highest BCUT2D eigenvalue weighted by atomic mass is 79.9. The minimum absolute atomic E-state index is 0.0175. The molecule has 1 unspecified atom stereocenters. The third kappa shape index (κ3) is 4.96. The highest BCUT2D eigenvalue weighted by molar-refractivity contribution is 9.10. The average molecular weight is 327 g/mol. The Balaban J connectivity index is 2.84. The molecule has 1 amide bonds. The van der Waals surface area contributed by atoms with Gasteiger partial charge in [0.05, 0.1) is 5.56 Å². The zero-order valence-corrected chi connectivity index (χ0v) is 13.9. The van der Waals surface area contributed by atoms with Gasteiger partial charge in [0.25, 0.3) is 5.91 Å². The Morgan fingerprint density at radius 2 is 2.00 bits per heavy atom. The summed E-state index contributed by atoms with van der Waals surface area (Å²) in [7, 11) is 4.04. The van der Waals surface area contributed by atoms with Crippen molar-refractivity contribution >= 4 is 21.8 Å². The number of benzene rings is 1. The number of likely N-dealkylation sites (N-methyl/N-ethyl adjacent to an activating group) is 1. The van der Waals surface area contributed by atoms with Gasteiger partial charge in [-0.05, 0) is 55.0 Å². The second-order valence-electron chi connectivity index (χ2n) is 5.57. The number of carbonyl (C=O) groups is 1. The van der Waals surface area contributed by atoms with E-state index in [1.165, 1.54) is 0 Å². The summed E-state index contributed by atoms with van der Waals surface area (Å²) in [5.74, 6) is 0.381. The predicted molar refractivity (Wildman–Crippen MR) is 83.5 cm³/mol. The summed E-state index contributed by atoms with van der Waals surface area (Å²) < 4.78 is 0.836. The lowest BCUT2D eigenvalue weighted by molar-refractivity contribution is 0.0916. The Bertz CT molecular complexity index is 444. The molecular weight excluding hydrogens is 304 g/mol. The molecule has 0 aliphatic rings. The summed E-state index contributed by atoms with van der Waals surface area (Å²) in [6.45, 7) is 7.08. The van der Waals surface area contributed by atoms with Gasteiger partial charge in [0.15, 0.2) is 0 Å². The van der Waals surface area contributed by atoms with Crippen molar-refractivity contribution in [2.75, 3.05) is 20.6 Å². The van der Waals surface area contributed by atoms with E-state index >= 15 is 0 Å². The molecule has 0 aliphatic heterocycles. The zero-order chi connectivity index (χ0) is 14.6. The normalized spacial score (nSPS) is 12.8. The maximum atomic E-state index is 12.4. The van der Waals surface area contributed by atoms with Crippen molar-refractivity contribution in [3.63, 3.8) is 0 Å². The van der Waals surface area contributed by atoms with E-state index in [1.807, 2.05) is 39.2 Å². The molecule has 0 saturated carbocycles. The van der Waals surface area contributed by atoms with Crippen LogP contribution in [0.3, 0.4) is 0 Å². The molecule has 1 N–H and O–H groups in total. The summed E-state index contributed by atoms with van der Waals surface area (Å²) in [6, 6.07) is 5.96. The number of nitrogens with one attached hydrogen (secondary N) is 1. The van der Waals surface area contributed by atoms with Crippen LogP contribution in [0.5, 0.6) is 0 Å². The molecule has 1 atom stereocenters. The Morgan fingerprint density at radius 1 is 1.37 bits per heavy atom. The average Bonchev–Trinajstić information content (AvgIpc) is 2.30. The molecule has 0 aliphatic carbocycles. The third-order valence-corrected chi connectivity index (χ3v) is 3.74. The van der Waals surface area contributed by atoms with E-state index in [1.54, 1.807) is 0 Å². The van der Waals surface area contributed by atoms with E-state index in [0.29, 0.717) is 11.5 Å². The summed E-state index contributed by atoms with van der Waals surface area (Å²) >= 11 is 3.44. The van der Waals surface area contributed by atoms with Gasteiger partial charge in [0.2, 0.25) is 0 Å². The predicted octanol–water partition coefficient (Wildman–Crippen LogP) is 3.07. The molecule has 0 radical (unpaired) electrons. The minimum Gasteiger partial charge on any atom is -0.348 e. The summed E-state index contributed by atoms with van der Waals surface area (Å²) in [5.41, 5.74) is 1.78. The largest absolute Gasteiger partial charge is 0.348 e. The van der Waals surface area contributed by atoms with Crippen molar-refractivity contribution in [1.29, 1.82) is 0 Å². The Hall–Kier alpha value is -0.870. The lowest BCUT2D eigenvalue weighted by Gasteiger charge is -2.25. The van der Waals surface area contributed by atoms with Gasteiger partial charge in [-0.15, -0.1) is 0 Å². The van der Waals surface area contributed by atoms with Crippen molar-refractivity contribution < 1.29 is 4.79 Å². The van der Waals surface area contributed by atoms with E-state index < -0.39 is 0 Å². The van der Waals surface area contributed by atoms with E-state index in [0.717, 1.165) is 16.6 Å². The molecule has 0 fully saturated rings. The van der Waals surface area contributed by atoms with Gasteiger partial charge >= 0.3 is 0 Å². The van der Waals surface area contributed by atoms with Crippen molar-refractivity contribution in [2.45, 2.75) is 26.8 Å². The summed E-state index contributed by atoms with van der Waals surface area (Å²) in [4.78, 5) is 14.4. The standard InChI is InChI=1S/C15H23BrN2O/c1-10(2)14(9-18(4)5)17-15(19)12-8-11(3)6-7-13(12)16/h6-8,10,14H,9H2,1-5H3,(H,17,19). The smallest absolute Gasteiger partial charge is 0.252 e. The van der Waals surface area contributed by atoms with Crippen LogP contribution in [0.1, 0.15) is 29.8 Å². The van der Waals surface area contributed by atoms with Gasteiger partial charge in [-0.1, -0.05) is 25.5 Å². The Kier molecular flexibility index (Phi) is 6.01. The fourth-order valence-electron chi connectivity index (χ4n) is 1.88. The van der Waals surface area contributed by atoms with Gasteiger partial charge in [-0.2, -0.15) is 0 Å². The van der Waals surface area contributed by atoms with Crippen LogP contribution in [0.2, 0.25) is 0 Å². The van der Waals surface area contributed by atoms with Gasteiger partial charge in [-0.25, -0.2) is 0 Å². The fraction of sp³-hybridized carbons (Fsp3) is 0.533. The molecular formula is C15H23BrN2O. The molecule has 0 spiro atoms. The monoisotopic (exact) mass is 326 g/mol. The number of aryl methyl sites for hydroxylation is 1. The molecule has 0 aromatic heterocycles. The van der Waals surface area contributed by atoms with Crippen LogP contribution in [-0.2, 0) is 0 Å². The van der Waals surface area contributed by atoms with Crippen LogP contribution < -0.4 is 5.32 Å². The van der Waals surface area contributed by atoms with Gasteiger partial charge in [0.1, 0.15) is 0 Å². The van der Waals surface area contributed by atoms with Gasteiger partial charge in [-0.3, -0.25) is 4.79 Å². The lowest BCUT2D eigenvalue weighted by atomic mass is 10.0.